The van der Waals surface area contributed by atoms with Gasteiger partial charge in [0, 0.05) is 32.9 Å². The Morgan fingerprint density at radius 1 is 0.800 bits per heavy atom. The van der Waals surface area contributed by atoms with Gasteiger partial charge < -0.3 is 5.32 Å². The number of nitro benzene ring substituents is 2. The molecule has 1 aromatic heterocycles. The maximum atomic E-state index is 13.9. The normalized spacial score (nSPS) is 11.8. The number of fused-ring (bicyclic) bond motifs is 2. The first-order valence-electron chi connectivity index (χ1n) is 11.9. The summed E-state index contributed by atoms with van der Waals surface area (Å²) in [7, 11) is 0. The molecule has 0 unspecified atom stereocenters. The lowest BCUT2D eigenvalue weighted by Crippen LogP contribution is -2.28. The molecule has 4 aromatic carbocycles. The van der Waals surface area contributed by atoms with E-state index in [1.54, 1.807) is 29.6 Å². The fourth-order valence-corrected chi connectivity index (χ4v) is 6.17. The van der Waals surface area contributed by atoms with Gasteiger partial charge in [-0.2, -0.15) is 0 Å². The quantitative estimate of drug-likeness (QED) is 0.162. The van der Waals surface area contributed by atoms with E-state index in [0.29, 0.717) is 17.1 Å². The van der Waals surface area contributed by atoms with E-state index in [1.807, 2.05) is 54.6 Å². The molecule has 1 amide bonds. The van der Waals surface area contributed by atoms with Gasteiger partial charge in [0.05, 0.1) is 32.5 Å². The number of anilines is 4. The van der Waals surface area contributed by atoms with Gasteiger partial charge in [-0.1, -0.05) is 66.4 Å². The summed E-state index contributed by atoms with van der Waals surface area (Å²) >= 11 is 2.65. The van der Waals surface area contributed by atoms with Crippen LogP contribution in [0.4, 0.5) is 33.6 Å². The number of hydrogen-bond donors (Lipinski definition) is 1. The average molecular weight is 568 g/mol. The van der Waals surface area contributed by atoms with Crippen LogP contribution in [0.5, 0.6) is 0 Å². The Morgan fingerprint density at radius 3 is 1.93 bits per heavy atom. The Morgan fingerprint density at radius 2 is 1.35 bits per heavy atom. The van der Waals surface area contributed by atoms with E-state index in [-0.39, 0.29) is 16.4 Å². The van der Waals surface area contributed by atoms with Gasteiger partial charge in [-0.15, -0.1) is 11.3 Å². The summed E-state index contributed by atoms with van der Waals surface area (Å²) in [6.45, 7) is 0. The molecule has 40 heavy (non-hydrogen) atoms. The number of carbonyl (C=O) groups is 1. The lowest BCUT2D eigenvalue weighted by molar-refractivity contribution is -0.392. The van der Waals surface area contributed by atoms with Gasteiger partial charge in [-0.05, 0) is 24.3 Å². The third kappa shape index (κ3) is 4.55. The number of nitrogens with zero attached hydrogens (tertiary/aromatic N) is 4. The molecule has 1 aliphatic heterocycles. The van der Waals surface area contributed by atoms with Gasteiger partial charge in [0.1, 0.15) is 0 Å². The number of thiazole rings is 1. The largest absolute Gasteiger partial charge is 0.320 e. The molecule has 2 heterocycles. The van der Waals surface area contributed by atoms with Gasteiger partial charge in [0.2, 0.25) is 0 Å². The molecule has 0 spiro atoms. The molecule has 1 N–H and O–H groups in total. The molecule has 0 radical (unpaired) electrons. The number of nitrogens with one attached hydrogen (secondary N) is 1. The number of para-hydroxylation sites is 2. The Bertz CT molecular complexity index is 1730. The molecule has 5 aromatic rings. The highest BCUT2D eigenvalue weighted by Crippen LogP contribution is 2.49. The van der Waals surface area contributed by atoms with Crippen LogP contribution in [-0.2, 0) is 0 Å². The number of benzene rings is 4. The summed E-state index contributed by atoms with van der Waals surface area (Å²) in [5.74, 6) is -0.626. The molecule has 0 fully saturated rings. The highest BCUT2D eigenvalue weighted by Gasteiger charge is 2.34. The van der Waals surface area contributed by atoms with Crippen molar-refractivity contribution in [1.82, 2.24) is 4.98 Å². The first kappa shape index (κ1) is 25.2. The topological polar surface area (TPSA) is 132 Å². The van der Waals surface area contributed by atoms with Crippen molar-refractivity contribution < 1.29 is 14.6 Å². The summed E-state index contributed by atoms with van der Waals surface area (Å²) in [5.41, 5.74) is 0.853. The lowest BCUT2D eigenvalue weighted by atomic mass is 10.1. The van der Waals surface area contributed by atoms with Gasteiger partial charge in [0.25, 0.3) is 5.91 Å². The number of hydrogen-bond acceptors (Lipinski definition) is 9. The Kier molecular flexibility index (Phi) is 6.46. The van der Waals surface area contributed by atoms with Gasteiger partial charge in [-0.25, -0.2) is 4.98 Å². The fourth-order valence-electron chi connectivity index (χ4n) is 4.38. The summed E-state index contributed by atoms with van der Waals surface area (Å²) in [6, 6.07) is 25.9. The standard InChI is InChI=1S/C28H17N5O5S2/c34-27(31-20-10-4-6-12-24(20)40-25-13-7-5-11-21(25)31)18-14-22(32(35)36)26(23(15-18)33(37)38)30-28-29-19(16-39-28)17-8-2-1-3-9-17/h1-16H,(H,29,30). The number of amides is 1. The van der Waals surface area contributed by atoms with Crippen LogP contribution in [0.2, 0.25) is 0 Å². The molecule has 0 atom stereocenters. The molecule has 12 heteroatoms. The molecule has 0 aliphatic carbocycles. The van der Waals surface area contributed by atoms with E-state index in [9.17, 15) is 25.0 Å². The van der Waals surface area contributed by atoms with Crippen molar-refractivity contribution >= 4 is 62.6 Å². The predicted molar refractivity (Wildman–Crippen MR) is 154 cm³/mol. The minimum absolute atomic E-state index is 0.190. The van der Waals surface area contributed by atoms with E-state index in [1.165, 1.54) is 16.7 Å². The van der Waals surface area contributed by atoms with Crippen LogP contribution in [0.1, 0.15) is 10.4 Å². The van der Waals surface area contributed by atoms with Crippen LogP contribution < -0.4 is 10.2 Å². The van der Waals surface area contributed by atoms with Crippen molar-refractivity contribution in [3.8, 4) is 11.3 Å². The summed E-state index contributed by atoms with van der Waals surface area (Å²) < 4.78 is 0. The Balaban J connectivity index is 1.44. The minimum atomic E-state index is -0.744. The zero-order valence-electron chi connectivity index (χ0n) is 20.4. The second-order valence-corrected chi connectivity index (χ2v) is 10.6. The molecule has 196 valence electrons. The molecule has 6 rings (SSSR count). The lowest BCUT2D eigenvalue weighted by Gasteiger charge is -2.31. The molecule has 1 aliphatic rings. The summed E-state index contributed by atoms with van der Waals surface area (Å²) in [5, 5.41) is 29.1. The highest BCUT2D eigenvalue weighted by atomic mass is 32.2. The highest BCUT2D eigenvalue weighted by molar-refractivity contribution is 7.99. The van der Waals surface area contributed by atoms with Crippen LogP contribution in [0.15, 0.2) is 106 Å². The SMILES string of the molecule is O=C(c1cc([N+](=O)[O-])c(Nc2nc(-c3ccccc3)cs2)c([N+](=O)[O-])c1)N1c2ccccc2Sc2ccccc21. The van der Waals surface area contributed by atoms with Gasteiger partial charge >= 0.3 is 11.4 Å². The number of carbonyl (C=O) groups excluding carboxylic acids is 1. The van der Waals surface area contributed by atoms with E-state index in [2.05, 4.69) is 10.3 Å². The number of nitro groups is 2. The van der Waals surface area contributed by atoms with Crippen molar-refractivity contribution in [2.75, 3.05) is 10.2 Å². The first-order chi connectivity index (χ1) is 19.4. The van der Waals surface area contributed by atoms with Crippen molar-refractivity contribution in [1.29, 1.82) is 0 Å². The fraction of sp³-hybridized carbons (Fsp3) is 0. The molecule has 0 saturated heterocycles. The molecule has 0 bridgehead atoms. The first-order valence-corrected chi connectivity index (χ1v) is 13.6. The van der Waals surface area contributed by atoms with Crippen molar-refractivity contribution in [3.05, 3.63) is 122 Å². The van der Waals surface area contributed by atoms with Crippen LogP contribution >= 0.6 is 23.1 Å². The average Bonchev–Trinajstić information content (AvgIpc) is 3.44. The van der Waals surface area contributed by atoms with Crippen LogP contribution in [-0.4, -0.2) is 20.7 Å². The van der Waals surface area contributed by atoms with E-state index in [0.717, 1.165) is 38.8 Å². The monoisotopic (exact) mass is 567 g/mol. The zero-order valence-corrected chi connectivity index (χ0v) is 22.0. The van der Waals surface area contributed by atoms with Crippen molar-refractivity contribution in [3.63, 3.8) is 0 Å². The maximum Gasteiger partial charge on any atom is 0.300 e. The summed E-state index contributed by atoms with van der Waals surface area (Å²) in [6.07, 6.45) is 0. The second-order valence-electron chi connectivity index (χ2n) is 8.61. The van der Waals surface area contributed by atoms with Crippen molar-refractivity contribution in [2.24, 2.45) is 0 Å². The maximum absolute atomic E-state index is 13.9. The Hall–Kier alpha value is -5.07. The Labute approximate surface area is 235 Å². The molecular weight excluding hydrogens is 550 g/mol. The third-order valence-electron chi connectivity index (χ3n) is 6.18. The van der Waals surface area contributed by atoms with Crippen LogP contribution in [0, 0.1) is 20.2 Å². The van der Waals surface area contributed by atoms with Gasteiger partial charge in [0.15, 0.2) is 10.8 Å². The third-order valence-corrected chi connectivity index (χ3v) is 8.07. The number of aromatic nitrogens is 1. The van der Waals surface area contributed by atoms with E-state index < -0.39 is 27.1 Å². The summed E-state index contributed by atoms with van der Waals surface area (Å²) in [4.78, 5) is 44.3. The second kappa shape index (κ2) is 10.2. The van der Waals surface area contributed by atoms with Crippen LogP contribution in [0.25, 0.3) is 11.3 Å². The number of rotatable bonds is 6. The molecular formula is C28H17N5O5S2. The smallest absolute Gasteiger partial charge is 0.300 e. The molecule has 10 nitrogen and oxygen atoms in total. The zero-order chi connectivity index (χ0) is 27.8. The van der Waals surface area contributed by atoms with Crippen LogP contribution in [0.3, 0.4) is 0 Å². The van der Waals surface area contributed by atoms with Gasteiger partial charge in [-0.3, -0.25) is 29.9 Å². The van der Waals surface area contributed by atoms with E-state index >= 15 is 0 Å². The minimum Gasteiger partial charge on any atom is -0.320 e. The van der Waals surface area contributed by atoms with E-state index in [4.69, 9.17) is 0 Å². The molecule has 0 saturated carbocycles. The predicted octanol–water partition coefficient (Wildman–Crippen LogP) is 7.81. The van der Waals surface area contributed by atoms with Crippen molar-refractivity contribution in [2.45, 2.75) is 9.79 Å².